The lowest BCUT2D eigenvalue weighted by atomic mass is 9.96. The largest absolute Gasteiger partial charge is 0.332 e. The summed E-state index contributed by atoms with van der Waals surface area (Å²) in [7, 11) is 3.00. The fourth-order valence-corrected chi connectivity index (χ4v) is 4.33. The van der Waals surface area contributed by atoms with Crippen LogP contribution in [0.25, 0.3) is 11.0 Å². The number of aromatic nitrogens is 4. The van der Waals surface area contributed by atoms with Gasteiger partial charge in [0.05, 0.1) is 5.75 Å². The SMILES string of the molecule is Cc1cccc(C(C)C)c1NC(=O)CSc1nc(C(C)(C)C)nc2c1c(=O)n(C)c(=O)n2C. The molecule has 0 saturated heterocycles. The van der Waals surface area contributed by atoms with Gasteiger partial charge in [-0.15, -0.1) is 0 Å². The number of rotatable bonds is 5. The van der Waals surface area contributed by atoms with Crippen LogP contribution in [0.1, 0.15) is 57.5 Å². The molecule has 0 aliphatic heterocycles. The first-order valence-electron chi connectivity index (χ1n) is 10.8. The number of benzene rings is 1. The molecule has 1 N–H and O–H groups in total. The van der Waals surface area contributed by atoms with E-state index in [1.165, 1.54) is 23.4 Å². The number of nitrogens with one attached hydrogen (secondary N) is 1. The van der Waals surface area contributed by atoms with Crippen LogP contribution >= 0.6 is 11.8 Å². The Bertz CT molecular complexity index is 1350. The monoisotopic (exact) mass is 469 g/mol. The van der Waals surface area contributed by atoms with Crippen molar-refractivity contribution in [2.24, 2.45) is 14.1 Å². The Balaban J connectivity index is 2.02. The van der Waals surface area contributed by atoms with E-state index in [2.05, 4.69) is 29.1 Å². The summed E-state index contributed by atoms with van der Waals surface area (Å²) in [6, 6.07) is 5.96. The van der Waals surface area contributed by atoms with Crippen molar-refractivity contribution in [1.82, 2.24) is 19.1 Å². The molecule has 3 aromatic rings. The molecule has 1 amide bonds. The predicted molar refractivity (Wildman–Crippen MR) is 133 cm³/mol. The molecule has 0 aliphatic carbocycles. The van der Waals surface area contributed by atoms with Crippen molar-refractivity contribution in [3.8, 4) is 0 Å². The zero-order valence-corrected chi connectivity index (χ0v) is 21.3. The van der Waals surface area contributed by atoms with Crippen LogP contribution in [-0.2, 0) is 24.3 Å². The summed E-state index contributed by atoms with van der Waals surface area (Å²) in [5.41, 5.74) is 1.81. The zero-order valence-electron chi connectivity index (χ0n) is 20.4. The third-order valence-corrected chi connectivity index (χ3v) is 6.44. The fourth-order valence-electron chi connectivity index (χ4n) is 3.52. The van der Waals surface area contributed by atoms with E-state index in [1.807, 2.05) is 45.9 Å². The van der Waals surface area contributed by atoms with Gasteiger partial charge >= 0.3 is 5.69 Å². The fraction of sp³-hybridized carbons (Fsp3) is 0.458. The van der Waals surface area contributed by atoms with Crippen molar-refractivity contribution >= 4 is 34.4 Å². The van der Waals surface area contributed by atoms with Gasteiger partial charge in [-0.2, -0.15) is 0 Å². The number of nitrogens with zero attached hydrogens (tertiary/aromatic N) is 4. The van der Waals surface area contributed by atoms with E-state index in [-0.39, 0.29) is 28.6 Å². The van der Waals surface area contributed by atoms with Crippen LogP contribution in [-0.4, -0.2) is 30.8 Å². The lowest BCUT2D eigenvalue weighted by Crippen LogP contribution is -2.38. The van der Waals surface area contributed by atoms with Crippen LogP contribution in [0.4, 0.5) is 5.69 Å². The Morgan fingerprint density at radius 2 is 1.79 bits per heavy atom. The number of hydrogen-bond acceptors (Lipinski definition) is 6. The second-order valence-electron chi connectivity index (χ2n) is 9.54. The minimum absolute atomic E-state index is 0.0631. The molecule has 1 aromatic carbocycles. The van der Waals surface area contributed by atoms with Crippen molar-refractivity contribution in [1.29, 1.82) is 0 Å². The standard InChI is InChI=1S/C24H31N5O3S/c1-13(2)15-11-9-10-14(3)18(15)25-16(30)12-33-20-17-19(26-22(27-20)24(4,5)6)28(7)23(32)29(8)21(17)31/h9-11,13H,12H2,1-8H3,(H,25,30). The van der Waals surface area contributed by atoms with Crippen molar-refractivity contribution in [3.63, 3.8) is 0 Å². The summed E-state index contributed by atoms with van der Waals surface area (Å²) >= 11 is 1.17. The molecule has 0 radical (unpaired) electrons. The molecule has 8 nitrogen and oxygen atoms in total. The minimum atomic E-state index is -0.475. The van der Waals surface area contributed by atoms with Gasteiger partial charge in [0, 0.05) is 25.2 Å². The van der Waals surface area contributed by atoms with Crippen LogP contribution < -0.4 is 16.6 Å². The molecule has 0 unspecified atom stereocenters. The van der Waals surface area contributed by atoms with Gasteiger partial charge in [-0.25, -0.2) is 14.8 Å². The highest BCUT2D eigenvalue weighted by atomic mass is 32.2. The molecule has 0 saturated carbocycles. The first-order valence-corrected chi connectivity index (χ1v) is 11.8. The van der Waals surface area contributed by atoms with Crippen molar-refractivity contribution in [2.75, 3.05) is 11.1 Å². The molecular formula is C24H31N5O3S. The molecule has 2 heterocycles. The molecule has 2 aromatic heterocycles. The number of fused-ring (bicyclic) bond motifs is 1. The molecule has 9 heteroatoms. The third kappa shape index (κ3) is 4.88. The maximum absolute atomic E-state index is 12.9. The number of amides is 1. The smallest absolute Gasteiger partial charge is 0.325 e. The van der Waals surface area contributed by atoms with Crippen LogP contribution in [0.2, 0.25) is 0 Å². The summed E-state index contributed by atoms with van der Waals surface area (Å²) in [6.07, 6.45) is 0. The van der Waals surface area contributed by atoms with Crippen molar-refractivity contribution in [3.05, 3.63) is 56.0 Å². The zero-order chi connectivity index (χ0) is 24.7. The van der Waals surface area contributed by atoms with E-state index in [0.717, 1.165) is 21.4 Å². The number of carbonyl (C=O) groups is 1. The third-order valence-electron chi connectivity index (χ3n) is 5.47. The second kappa shape index (κ2) is 9.13. The lowest BCUT2D eigenvalue weighted by molar-refractivity contribution is -0.113. The number of para-hydroxylation sites is 1. The normalized spacial score (nSPS) is 11.9. The van der Waals surface area contributed by atoms with Crippen molar-refractivity contribution < 1.29 is 4.79 Å². The molecule has 0 bridgehead atoms. The van der Waals surface area contributed by atoms with Crippen molar-refractivity contribution in [2.45, 2.75) is 57.9 Å². The Morgan fingerprint density at radius 1 is 1.12 bits per heavy atom. The Kier molecular flexibility index (Phi) is 6.83. The van der Waals surface area contributed by atoms with Crippen LogP contribution in [0.5, 0.6) is 0 Å². The number of thioether (sulfide) groups is 1. The van der Waals surface area contributed by atoms with Gasteiger partial charge in [0.1, 0.15) is 16.2 Å². The number of anilines is 1. The van der Waals surface area contributed by atoms with Gasteiger partial charge in [0.2, 0.25) is 5.91 Å². The molecule has 33 heavy (non-hydrogen) atoms. The predicted octanol–water partition coefficient (Wildman–Crippen LogP) is 3.49. The Hall–Kier alpha value is -2.94. The number of hydrogen-bond donors (Lipinski definition) is 1. The van der Waals surface area contributed by atoms with Crippen LogP contribution in [0.3, 0.4) is 0 Å². The highest BCUT2D eigenvalue weighted by Crippen LogP contribution is 2.29. The highest BCUT2D eigenvalue weighted by molar-refractivity contribution is 8.00. The average Bonchev–Trinajstić information content (AvgIpc) is 2.74. The van der Waals surface area contributed by atoms with Crippen LogP contribution in [0.15, 0.2) is 32.8 Å². The minimum Gasteiger partial charge on any atom is -0.325 e. The molecule has 3 rings (SSSR count). The second-order valence-corrected chi connectivity index (χ2v) is 10.5. The van der Waals surface area contributed by atoms with Gasteiger partial charge in [-0.3, -0.25) is 18.7 Å². The van der Waals surface area contributed by atoms with E-state index in [9.17, 15) is 14.4 Å². The maximum atomic E-state index is 12.9. The lowest BCUT2D eigenvalue weighted by Gasteiger charge is -2.19. The molecule has 0 aliphatic rings. The van der Waals surface area contributed by atoms with E-state index in [0.29, 0.717) is 10.9 Å². The first-order chi connectivity index (χ1) is 15.3. The Labute approximate surface area is 197 Å². The summed E-state index contributed by atoms with van der Waals surface area (Å²) in [5.74, 6) is 0.634. The summed E-state index contributed by atoms with van der Waals surface area (Å²) in [4.78, 5) is 47.4. The van der Waals surface area contributed by atoms with Gasteiger partial charge in [0.25, 0.3) is 5.56 Å². The van der Waals surface area contributed by atoms with Crippen LogP contribution in [0, 0.1) is 6.92 Å². The molecule has 176 valence electrons. The number of aryl methyl sites for hydroxylation is 2. The summed E-state index contributed by atoms with van der Waals surface area (Å²) in [6.45, 7) is 12.0. The van der Waals surface area contributed by atoms with Gasteiger partial charge in [-0.1, -0.05) is 64.6 Å². The average molecular weight is 470 g/mol. The summed E-state index contributed by atoms with van der Waals surface area (Å²) in [5, 5.41) is 3.66. The van der Waals surface area contributed by atoms with E-state index >= 15 is 0 Å². The number of carbonyl (C=O) groups excluding carboxylic acids is 1. The van der Waals surface area contributed by atoms with E-state index in [4.69, 9.17) is 0 Å². The topological polar surface area (TPSA) is 98.9 Å². The molecule has 0 atom stereocenters. The maximum Gasteiger partial charge on any atom is 0.332 e. The van der Waals surface area contributed by atoms with Gasteiger partial charge in [-0.05, 0) is 24.0 Å². The quantitative estimate of drug-likeness (QED) is 0.454. The first kappa shape index (κ1) is 24.7. The van der Waals surface area contributed by atoms with E-state index < -0.39 is 16.7 Å². The molecule has 0 fully saturated rings. The Morgan fingerprint density at radius 3 is 2.39 bits per heavy atom. The van der Waals surface area contributed by atoms with E-state index in [1.54, 1.807) is 7.05 Å². The van der Waals surface area contributed by atoms with Gasteiger partial charge in [0.15, 0.2) is 5.65 Å². The molecule has 0 spiro atoms. The summed E-state index contributed by atoms with van der Waals surface area (Å²) < 4.78 is 2.38. The highest BCUT2D eigenvalue weighted by Gasteiger charge is 2.24. The van der Waals surface area contributed by atoms with Gasteiger partial charge < -0.3 is 5.32 Å². The molecular weight excluding hydrogens is 438 g/mol.